The molecule has 0 fully saturated rings. The summed E-state index contributed by atoms with van der Waals surface area (Å²) in [5.74, 6) is -0.593. The van der Waals surface area contributed by atoms with E-state index in [-0.39, 0.29) is 23.1 Å². The van der Waals surface area contributed by atoms with Crippen LogP contribution in [0, 0.1) is 19.8 Å². The lowest BCUT2D eigenvalue weighted by Gasteiger charge is -2.22. The van der Waals surface area contributed by atoms with Crippen molar-refractivity contribution in [2.24, 2.45) is 5.92 Å². The van der Waals surface area contributed by atoms with Crippen LogP contribution < -0.4 is 10.6 Å². The summed E-state index contributed by atoms with van der Waals surface area (Å²) in [6, 6.07) is 11.0. The zero-order valence-corrected chi connectivity index (χ0v) is 20.1. The molecule has 1 aromatic heterocycles. The number of aryl methyl sites for hydroxylation is 2. The van der Waals surface area contributed by atoms with Crippen LogP contribution in [-0.2, 0) is 10.2 Å². The standard InChI is InChI=1S/C25H31N3O2S/c1-14(2)20(26-22(29)17-8-10-18(11-9-17)25(5,6)7)23(30)28-24-27-21-16(4)12-15(3)13-19(21)31-24/h8-14,20H,1-7H3,(H,26,29)(H,27,28,30)/t20-/m0/s1. The third-order valence-electron chi connectivity index (χ3n) is 5.31. The number of amides is 2. The minimum atomic E-state index is -0.662. The summed E-state index contributed by atoms with van der Waals surface area (Å²) in [7, 11) is 0. The molecule has 3 aromatic rings. The molecular formula is C25H31N3O2S. The highest BCUT2D eigenvalue weighted by Crippen LogP contribution is 2.29. The molecule has 164 valence electrons. The Morgan fingerprint density at radius 2 is 1.68 bits per heavy atom. The van der Waals surface area contributed by atoms with Gasteiger partial charge in [-0.05, 0) is 60.1 Å². The van der Waals surface area contributed by atoms with E-state index in [1.807, 2.05) is 52.0 Å². The SMILES string of the molecule is Cc1cc(C)c2nc(NC(=O)[C@@H](NC(=O)c3ccc(C(C)(C)C)cc3)C(C)C)sc2c1. The molecule has 5 nitrogen and oxygen atoms in total. The zero-order chi connectivity index (χ0) is 22.9. The van der Waals surface area contributed by atoms with Crippen molar-refractivity contribution in [2.45, 2.75) is 59.9 Å². The van der Waals surface area contributed by atoms with Gasteiger partial charge in [-0.3, -0.25) is 9.59 Å². The fraction of sp³-hybridized carbons (Fsp3) is 0.400. The Kier molecular flexibility index (Phi) is 6.51. The second-order valence-corrected chi connectivity index (χ2v) is 10.5. The predicted octanol–water partition coefficient (Wildman–Crippen LogP) is 5.60. The van der Waals surface area contributed by atoms with Crippen LogP contribution in [-0.4, -0.2) is 22.8 Å². The molecule has 0 aliphatic rings. The Labute approximate surface area is 188 Å². The van der Waals surface area contributed by atoms with Gasteiger partial charge in [0.1, 0.15) is 6.04 Å². The van der Waals surface area contributed by atoms with E-state index in [1.54, 1.807) is 0 Å². The normalized spacial score (nSPS) is 12.8. The maximum absolute atomic E-state index is 13.0. The highest BCUT2D eigenvalue weighted by atomic mass is 32.1. The lowest BCUT2D eigenvalue weighted by Crippen LogP contribution is -2.47. The lowest BCUT2D eigenvalue weighted by molar-refractivity contribution is -0.118. The first-order valence-corrected chi connectivity index (χ1v) is 11.4. The number of carbonyl (C=O) groups excluding carboxylic acids is 2. The molecule has 1 atom stereocenters. The third kappa shape index (κ3) is 5.31. The number of fused-ring (bicyclic) bond motifs is 1. The molecule has 2 amide bonds. The summed E-state index contributed by atoms with van der Waals surface area (Å²) >= 11 is 1.45. The number of benzene rings is 2. The molecule has 2 N–H and O–H groups in total. The Bertz CT molecular complexity index is 1110. The van der Waals surface area contributed by atoms with Gasteiger partial charge in [-0.2, -0.15) is 0 Å². The first kappa shape index (κ1) is 22.9. The van der Waals surface area contributed by atoms with Crippen molar-refractivity contribution in [3.63, 3.8) is 0 Å². The molecule has 1 heterocycles. The molecule has 0 spiro atoms. The average Bonchev–Trinajstić information content (AvgIpc) is 3.07. The van der Waals surface area contributed by atoms with Crippen LogP contribution in [0.4, 0.5) is 5.13 Å². The predicted molar refractivity (Wildman–Crippen MR) is 129 cm³/mol. The molecule has 0 bridgehead atoms. The Balaban J connectivity index is 1.75. The number of rotatable bonds is 5. The van der Waals surface area contributed by atoms with Gasteiger partial charge in [0.15, 0.2) is 5.13 Å². The summed E-state index contributed by atoms with van der Waals surface area (Å²) in [5, 5.41) is 6.33. The van der Waals surface area contributed by atoms with Crippen LogP contribution in [0.25, 0.3) is 10.2 Å². The molecule has 0 aliphatic carbocycles. The summed E-state index contributed by atoms with van der Waals surface area (Å²) < 4.78 is 1.04. The van der Waals surface area contributed by atoms with E-state index in [1.165, 1.54) is 11.3 Å². The van der Waals surface area contributed by atoms with Gasteiger partial charge < -0.3 is 10.6 Å². The van der Waals surface area contributed by atoms with Crippen molar-refractivity contribution in [1.82, 2.24) is 10.3 Å². The van der Waals surface area contributed by atoms with Crippen molar-refractivity contribution in [3.05, 3.63) is 58.7 Å². The highest BCUT2D eigenvalue weighted by Gasteiger charge is 2.26. The van der Waals surface area contributed by atoms with Crippen molar-refractivity contribution in [1.29, 1.82) is 0 Å². The molecule has 0 saturated carbocycles. The minimum Gasteiger partial charge on any atom is -0.340 e. The van der Waals surface area contributed by atoms with Crippen LogP contribution in [0.5, 0.6) is 0 Å². The molecule has 3 rings (SSSR count). The van der Waals surface area contributed by atoms with Gasteiger partial charge in [0, 0.05) is 5.56 Å². The third-order valence-corrected chi connectivity index (χ3v) is 6.23. The lowest BCUT2D eigenvalue weighted by atomic mass is 9.86. The van der Waals surface area contributed by atoms with Gasteiger partial charge >= 0.3 is 0 Å². The quantitative estimate of drug-likeness (QED) is 0.545. The van der Waals surface area contributed by atoms with E-state index in [2.05, 4.69) is 48.5 Å². The maximum atomic E-state index is 13.0. The minimum absolute atomic E-state index is 0.0174. The zero-order valence-electron chi connectivity index (χ0n) is 19.3. The van der Waals surface area contributed by atoms with Gasteiger partial charge in [0.2, 0.25) is 5.91 Å². The van der Waals surface area contributed by atoms with Crippen molar-refractivity contribution < 1.29 is 9.59 Å². The van der Waals surface area contributed by atoms with Gasteiger partial charge in [-0.25, -0.2) is 4.98 Å². The molecule has 2 aromatic carbocycles. The summed E-state index contributed by atoms with van der Waals surface area (Å²) in [5.41, 5.74) is 4.86. The fourth-order valence-corrected chi connectivity index (χ4v) is 4.53. The number of thiazole rings is 1. The molecule has 0 saturated heterocycles. The average molecular weight is 438 g/mol. The maximum Gasteiger partial charge on any atom is 0.251 e. The van der Waals surface area contributed by atoms with Crippen LogP contribution in [0.1, 0.15) is 61.7 Å². The smallest absolute Gasteiger partial charge is 0.251 e. The number of hydrogen-bond acceptors (Lipinski definition) is 4. The highest BCUT2D eigenvalue weighted by molar-refractivity contribution is 7.22. The van der Waals surface area contributed by atoms with Crippen molar-refractivity contribution in [3.8, 4) is 0 Å². The number of hydrogen-bond donors (Lipinski definition) is 2. The van der Waals surface area contributed by atoms with E-state index < -0.39 is 6.04 Å². The number of anilines is 1. The summed E-state index contributed by atoms with van der Waals surface area (Å²) in [6.45, 7) is 14.3. The second-order valence-electron chi connectivity index (χ2n) is 9.46. The molecule has 0 unspecified atom stereocenters. The van der Waals surface area contributed by atoms with Gasteiger partial charge in [0.05, 0.1) is 10.2 Å². The number of aromatic nitrogens is 1. The van der Waals surface area contributed by atoms with Crippen molar-refractivity contribution >= 4 is 38.5 Å². The van der Waals surface area contributed by atoms with Gasteiger partial charge in [0.25, 0.3) is 5.91 Å². The number of nitrogens with one attached hydrogen (secondary N) is 2. The topological polar surface area (TPSA) is 71.1 Å². The Morgan fingerprint density at radius 1 is 1.03 bits per heavy atom. The molecule has 6 heteroatoms. The number of nitrogens with zero attached hydrogens (tertiary/aromatic N) is 1. The van der Waals surface area contributed by atoms with E-state index >= 15 is 0 Å². The second kappa shape index (κ2) is 8.79. The molecule has 0 aliphatic heterocycles. The summed E-state index contributed by atoms with van der Waals surface area (Å²) in [4.78, 5) is 30.4. The Morgan fingerprint density at radius 3 is 2.26 bits per heavy atom. The molecule has 31 heavy (non-hydrogen) atoms. The molecule has 0 radical (unpaired) electrons. The molecular weight excluding hydrogens is 406 g/mol. The largest absolute Gasteiger partial charge is 0.340 e. The van der Waals surface area contributed by atoms with Crippen molar-refractivity contribution in [2.75, 3.05) is 5.32 Å². The van der Waals surface area contributed by atoms with E-state index in [0.29, 0.717) is 10.7 Å². The monoisotopic (exact) mass is 437 g/mol. The van der Waals surface area contributed by atoms with E-state index in [4.69, 9.17) is 0 Å². The van der Waals surface area contributed by atoms with Crippen LogP contribution in [0.2, 0.25) is 0 Å². The number of carbonyl (C=O) groups is 2. The van der Waals surface area contributed by atoms with Gasteiger partial charge in [-0.1, -0.05) is 64.2 Å². The van der Waals surface area contributed by atoms with Gasteiger partial charge in [-0.15, -0.1) is 0 Å². The van der Waals surface area contributed by atoms with Crippen LogP contribution >= 0.6 is 11.3 Å². The first-order valence-electron chi connectivity index (χ1n) is 10.6. The van der Waals surface area contributed by atoms with E-state index in [9.17, 15) is 9.59 Å². The van der Waals surface area contributed by atoms with Crippen LogP contribution in [0.3, 0.4) is 0 Å². The van der Waals surface area contributed by atoms with Crippen LogP contribution in [0.15, 0.2) is 36.4 Å². The Hall–Kier alpha value is -2.73. The first-order chi connectivity index (χ1) is 14.5. The van der Waals surface area contributed by atoms with E-state index in [0.717, 1.165) is 26.9 Å². The summed E-state index contributed by atoms with van der Waals surface area (Å²) in [6.07, 6.45) is 0. The fourth-order valence-electron chi connectivity index (χ4n) is 3.49.